The number of piperidine rings is 1. The van der Waals surface area contributed by atoms with Gasteiger partial charge in [0.15, 0.2) is 0 Å². The number of hydrogen-bond acceptors (Lipinski definition) is 2. The summed E-state index contributed by atoms with van der Waals surface area (Å²) < 4.78 is 0. The van der Waals surface area contributed by atoms with Crippen molar-refractivity contribution in [3.63, 3.8) is 0 Å². The van der Waals surface area contributed by atoms with Crippen molar-refractivity contribution >= 4 is 5.91 Å². The monoisotopic (exact) mass is 272 g/mol. The van der Waals surface area contributed by atoms with Gasteiger partial charge in [0.2, 0.25) is 5.91 Å². The Kier molecular flexibility index (Phi) is 4.06. The van der Waals surface area contributed by atoms with Gasteiger partial charge < -0.3 is 10.2 Å². The molecule has 0 bridgehead atoms. The van der Waals surface area contributed by atoms with Gasteiger partial charge in [-0.2, -0.15) is 0 Å². The van der Waals surface area contributed by atoms with E-state index >= 15 is 0 Å². The Morgan fingerprint density at radius 3 is 2.90 bits per heavy atom. The van der Waals surface area contributed by atoms with Crippen molar-refractivity contribution in [3.8, 4) is 0 Å². The lowest BCUT2D eigenvalue weighted by atomic mass is 9.93. The highest BCUT2D eigenvalue weighted by atomic mass is 16.2. The summed E-state index contributed by atoms with van der Waals surface area (Å²) in [6.45, 7) is 5.11. The number of fused-ring (bicyclic) bond motifs is 1. The minimum absolute atomic E-state index is 0.330. The molecule has 3 nitrogen and oxygen atoms in total. The molecule has 2 fully saturated rings. The van der Waals surface area contributed by atoms with Crippen molar-refractivity contribution in [2.75, 3.05) is 19.6 Å². The lowest BCUT2D eigenvalue weighted by Gasteiger charge is -2.35. The number of carbonyl (C=O) groups is 1. The fourth-order valence-electron chi connectivity index (χ4n) is 3.44. The first-order chi connectivity index (χ1) is 9.72. The third-order valence-corrected chi connectivity index (χ3v) is 4.76. The van der Waals surface area contributed by atoms with Gasteiger partial charge in [-0.1, -0.05) is 29.8 Å². The smallest absolute Gasteiger partial charge is 0.222 e. The van der Waals surface area contributed by atoms with Gasteiger partial charge in [0.1, 0.15) is 0 Å². The van der Waals surface area contributed by atoms with Crippen molar-refractivity contribution in [2.24, 2.45) is 5.92 Å². The Balaban J connectivity index is 1.50. The van der Waals surface area contributed by atoms with Crippen LogP contribution in [-0.4, -0.2) is 36.5 Å². The number of carbonyl (C=O) groups excluding carboxylic acids is 1. The van der Waals surface area contributed by atoms with E-state index in [-0.39, 0.29) is 0 Å². The first-order valence-corrected chi connectivity index (χ1v) is 7.79. The third kappa shape index (κ3) is 3.04. The maximum atomic E-state index is 12.3. The molecule has 0 spiro atoms. The van der Waals surface area contributed by atoms with E-state index in [9.17, 15) is 4.79 Å². The Bertz CT molecular complexity index is 468. The Hall–Kier alpha value is -1.35. The Labute approximate surface area is 121 Å². The van der Waals surface area contributed by atoms with E-state index in [1.807, 2.05) is 0 Å². The average Bonchev–Trinajstić information content (AvgIpc) is 2.93. The van der Waals surface area contributed by atoms with Crippen LogP contribution in [0.25, 0.3) is 0 Å². The van der Waals surface area contributed by atoms with E-state index in [0.717, 1.165) is 32.5 Å². The lowest BCUT2D eigenvalue weighted by Crippen LogP contribution is -2.46. The molecule has 0 aromatic heterocycles. The van der Waals surface area contributed by atoms with Crippen molar-refractivity contribution in [3.05, 3.63) is 35.4 Å². The molecule has 0 aliphatic carbocycles. The van der Waals surface area contributed by atoms with Crippen LogP contribution >= 0.6 is 0 Å². The summed E-state index contributed by atoms with van der Waals surface area (Å²) in [5.41, 5.74) is 2.54. The van der Waals surface area contributed by atoms with Gasteiger partial charge in [-0.05, 0) is 44.2 Å². The van der Waals surface area contributed by atoms with Gasteiger partial charge in [-0.3, -0.25) is 4.79 Å². The van der Waals surface area contributed by atoms with Crippen LogP contribution in [0, 0.1) is 12.8 Å². The Morgan fingerprint density at radius 1 is 1.30 bits per heavy atom. The fourth-order valence-corrected chi connectivity index (χ4v) is 3.44. The number of rotatable bonds is 3. The fraction of sp³-hybridized carbons (Fsp3) is 0.588. The van der Waals surface area contributed by atoms with Gasteiger partial charge in [-0.15, -0.1) is 0 Å². The van der Waals surface area contributed by atoms with Crippen molar-refractivity contribution in [1.29, 1.82) is 0 Å². The normalized spacial score (nSPS) is 25.6. The van der Waals surface area contributed by atoms with Crippen LogP contribution in [-0.2, 0) is 11.2 Å². The van der Waals surface area contributed by atoms with Crippen LogP contribution in [0.2, 0.25) is 0 Å². The van der Waals surface area contributed by atoms with Crippen LogP contribution < -0.4 is 5.32 Å². The van der Waals surface area contributed by atoms with Gasteiger partial charge in [0.05, 0.1) is 0 Å². The van der Waals surface area contributed by atoms with E-state index in [4.69, 9.17) is 0 Å². The summed E-state index contributed by atoms with van der Waals surface area (Å²) in [7, 11) is 0. The molecule has 2 aliphatic heterocycles. The van der Waals surface area contributed by atoms with Gasteiger partial charge >= 0.3 is 0 Å². The number of aryl methyl sites for hydroxylation is 2. The number of benzene rings is 1. The Morgan fingerprint density at radius 2 is 2.10 bits per heavy atom. The zero-order valence-electron chi connectivity index (χ0n) is 12.3. The van der Waals surface area contributed by atoms with E-state index in [2.05, 4.69) is 41.4 Å². The topological polar surface area (TPSA) is 32.3 Å². The van der Waals surface area contributed by atoms with Gasteiger partial charge in [0, 0.05) is 25.6 Å². The molecule has 1 amide bonds. The zero-order valence-corrected chi connectivity index (χ0v) is 12.3. The quantitative estimate of drug-likeness (QED) is 0.914. The molecule has 2 aliphatic rings. The summed E-state index contributed by atoms with van der Waals surface area (Å²) >= 11 is 0. The molecule has 0 saturated carbocycles. The van der Waals surface area contributed by atoms with E-state index in [0.29, 0.717) is 24.3 Å². The van der Waals surface area contributed by atoms with E-state index in [1.54, 1.807) is 0 Å². The average molecular weight is 272 g/mol. The largest absolute Gasteiger partial charge is 0.342 e. The molecule has 108 valence electrons. The standard InChI is InChI=1S/C17H24N2O/c1-13-2-4-14(5-3-13)6-7-17(20)19-11-9-16-15(12-19)8-10-18-16/h2-5,15-16,18H,6-12H2,1H3. The molecular formula is C17H24N2O. The summed E-state index contributed by atoms with van der Waals surface area (Å²) in [6, 6.07) is 9.17. The molecule has 2 atom stereocenters. The van der Waals surface area contributed by atoms with Crippen molar-refractivity contribution < 1.29 is 4.79 Å². The van der Waals surface area contributed by atoms with Crippen LogP contribution in [0.1, 0.15) is 30.4 Å². The maximum absolute atomic E-state index is 12.3. The molecule has 1 aromatic rings. The molecule has 1 aromatic carbocycles. The molecule has 3 rings (SSSR count). The number of amides is 1. The molecule has 1 N–H and O–H groups in total. The number of likely N-dealkylation sites (tertiary alicyclic amines) is 1. The molecule has 2 unspecified atom stereocenters. The molecule has 3 heteroatoms. The minimum Gasteiger partial charge on any atom is -0.342 e. The summed E-state index contributed by atoms with van der Waals surface area (Å²) in [5, 5.41) is 3.54. The maximum Gasteiger partial charge on any atom is 0.222 e. The highest BCUT2D eigenvalue weighted by Gasteiger charge is 2.33. The number of hydrogen-bond donors (Lipinski definition) is 1. The molecule has 0 radical (unpaired) electrons. The number of nitrogens with zero attached hydrogens (tertiary/aromatic N) is 1. The predicted molar refractivity (Wildman–Crippen MR) is 80.6 cm³/mol. The SMILES string of the molecule is Cc1ccc(CCC(=O)N2CCC3NCCC3C2)cc1. The zero-order chi connectivity index (χ0) is 13.9. The van der Waals surface area contributed by atoms with Crippen molar-refractivity contribution in [2.45, 2.75) is 38.6 Å². The molecule has 2 heterocycles. The highest BCUT2D eigenvalue weighted by molar-refractivity contribution is 5.76. The molecular weight excluding hydrogens is 248 g/mol. The van der Waals surface area contributed by atoms with Gasteiger partial charge in [0.25, 0.3) is 0 Å². The lowest BCUT2D eigenvalue weighted by molar-refractivity contribution is -0.133. The summed E-state index contributed by atoms with van der Waals surface area (Å²) in [5.74, 6) is 1.02. The van der Waals surface area contributed by atoms with Crippen molar-refractivity contribution in [1.82, 2.24) is 10.2 Å². The van der Waals surface area contributed by atoms with E-state index < -0.39 is 0 Å². The molecule has 20 heavy (non-hydrogen) atoms. The summed E-state index contributed by atoms with van der Waals surface area (Å²) in [6.07, 6.45) is 3.86. The first kappa shape index (κ1) is 13.6. The van der Waals surface area contributed by atoms with E-state index in [1.165, 1.54) is 17.5 Å². The minimum atomic E-state index is 0.330. The van der Waals surface area contributed by atoms with Crippen LogP contribution in [0.5, 0.6) is 0 Å². The third-order valence-electron chi connectivity index (χ3n) is 4.76. The molecule has 2 saturated heterocycles. The first-order valence-electron chi connectivity index (χ1n) is 7.79. The van der Waals surface area contributed by atoms with Crippen LogP contribution in [0.3, 0.4) is 0 Å². The van der Waals surface area contributed by atoms with Crippen LogP contribution in [0.15, 0.2) is 24.3 Å². The van der Waals surface area contributed by atoms with Crippen LogP contribution in [0.4, 0.5) is 0 Å². The van der Waals surface area contributed by atoms with Gasteiger partial charge in [-0.25, -0.2) is 0 Å². The number of nitrogens with one attached hydrogen (secondary N) is 1. The highest BCUT2D eigenvalue weighted by Crippen LogP contribution is 2.25. The predicted octanol–water partition coefficient (Wildman–Crippen LogP) is 2.14. The summed E-state index contributed by atoms with van der Waals surface area (Å²) in [4.78, 5) is 14.4. The second-order valence-electron chi connectivity index (χ2n) is 6.22. The second kappa shape index (κ2) is 5.96. The second-order valence-corrected chi connectivity index (χ2v) is 6.22.